The van der Waals surface area contributed by atoms with E-state index in [0.29, 0.717) is 0 Å². The molecule has 1 heterocycles. The van der Waals surface area contributed by atoms with Gasteiger partial charge < -0.3 is 5.32 Å². The number of nitrogens with zero attached hydrogens (tertiary/aromatic N) is 1. The second kappa shape index (κ2) is 9.60. The van der Waals surface area contributed by atoms with E-state index in [1.807, 2.05) is 0 Å². The van der Waals surface area contributed by atoms with Crippen molar-refractivity contribution in [1.82, 2.24) is 10.3 Å². The fourth-order valence-corrected chi connectivity index (χ4v) is 5.65. The number of anilines is 1. The number of pyridine rings is 1. The normalized spacial score (nSPS) is 11.2. The molecule has 1 aromatic heterocycles. The van der Waals surface area contributed by atoms with Gasteiger partial charge in [-0.15, -0.1) is 0 Å². The Balaban J connectivity index is 1.86. The number of rotatable bonds is 4. The van der Waals surface area contributed by atoms with Gasteiger partial charge >= 0.3 is 6.03 Å². The van der Waals surface area contributed by atoms with Crippen LogP contribution in [0, 0.1) is 18.6 Å². The predicted molar refractivity (Wildman–Crippen MR) is 119 cm³/mol. The molecular formula is C20H12Cl3F2N3O4S. The Bertz CT molecular complexity index is 1360. The van der Waals surface area contributed by atoms with E-state index < -0.39 is 43.9 Å². The lowest BCUT2D eigenvalue weighted by Crippen LogP contribution is -2.35. The van der Waals surface area contributed by atoms with Crippen LogP contribution in [0.5, 0.6) is 0 Å². The van der Waals surface area contributed by atoms with Crippen LogP contribution in [-0.2, 0) is 9.84 Å². The van der Waals surface area contributed by atoms with Crippen molar-refractivity contribution in [2.45, 2.75) is 16.8 Å². The average Bonchev–Trinajstić information content (AvgIpc) is 2.66. The van der Waals surface area contributed by atoms with E-state index in [1.54, 1.807) is 5.32 Å². The van der Waals surface area contributed by atoms with Gasteiger partial charge in [0.05, 0.1) is 15.1 Å². The molecule has 7 nitrogen and oxygen atoms in total. The number of carbonyl (C=O) groups is 2. The SMILES string of the molecule is Cc1cc(Cl)cnc1S(=O)(=O)c1c(Cl)cc(NC(=O)NC(=O)c2c(F)cccc2F)cc1Cl. The molecule has 172 valence electrons. The molecule has 0 aliphatic carbocycles. The highest BCUT2D eigenvalue weighted by atomic mass is 35.5. The molecule has 0 radical (unpaired) electrons. The van der Waals surface area contributed by atoms with Gasteiger partial charge in [-0.1, -0.05) is 40.9 Å². The summed E-state index contributed by atoms with van der Waals surface area (Å²) in [5, 5.41) is 3.17. The summed E-state index contributed by atoms with van der Waals surface area (Å²) in [6.45, 7) is 1.49. The molecule has 3 aromatic rings. The number of hydrogen-bond acceptors (Lipinski definition) is 5. The van der Waals surface area contributed by atoms with Gasteiger partial charge in [-0.2, -0.15) is 0 Å². The van der Waals surface area contributed by atoms with E-state index >= 15 is 0 Å². The van der Waals surface area contributed by atoms with E-state index in [4.69, 9.17) is 34.8 Å². The smallest absolute Gasteiger partial charge is 0.308 e. The molecule has 0 unspecified atom stereocenters. The van der Waals surface area contributed by atoms with E-state index in [-0.39, 0.29) is 31.3 Å². The van der Waals surface area contributed by atoms with Crippen LogP contribution in [-0.4, -0.2) is 25.3 Å². The van der Waals surface area contributed by atoms with Gasteiger partial charge in [0, 0.05) is 11.9 Å². The highest BCUT2D eigenvalue weighted by Gasteiger charge is 2.28. The molecule has 2 aromatic carbocycles. The van der Waals surface area contributed by atoms with E-state index in [9.17, 15) is 26.8 Å². The number of amides is 3. The Morgan fingerprint density at radius 1 is 1.00 bits per heavy atom. The molecule has 0 spiro atoms. The maximum absolute atomic E-state index is 13.7. The highest BCUT2D eigenvalue weighted by molar-refractivity contribution is 7.91. The van der Waals surface area contributed by atoms with Crippen molar-refractivity contribution >= 4 is 62.3 Å². The van der Waals surface area contributed by atoms with Gasteiger partial charge in [0.15, 0.2) is 5.03 Å². The van der Waals surface area contributed by atoms with Gasteiger partial charge in [0.1, 0.15) is 22.1 Å². The number of imide groups is 1. The first-order valence-electron chi connectivity index (χ1n) is 8.84. The molecule has 3 amide bonds. The zero-order valence-electron chi connectivity index (χ0n) is 16.4. The molecule has 33 heavy (non-hydrogen) atoms. The van der Waals surface area contributed by atoms with Crippen molar-refractivity contribution < 1.29 is 26.8 Å². The second-order valence-electron chi connectivity index (χ2n) is 6.55. The van der Waals surface area contributed by atoms with Gasteiger partial charge in [0.2, 0.25) is 9.84 Å². The van der Waals surface area contributed by atoms with Gasteiger partial charge in [-0.3, -0.25) is 10.1 Å². The topological polar surface area (TPSA) is 105 Å². The number of halogens is 5. The first kappa shape index (κ1) is 24.8. The summed E-state index contributed by atoms with van der Waals surface area (Å²) >= 11 is 18.1. The van der Waals surface area contributed by atoms with Crippen molar-refractivity contribution in [3.8, 4) is 0 Å². The third-order valence-electron chi connectivity index (χ3n) is 4.19. The molecule has 0 saturated heterocycles. The van der Waals surface area contributed by atoms with Gasteiger partial charge in [0.25, 0.3) is 5.91 Å². The Morgan fingerprint density at radius 3 is 2.12 bits per heavy atom. The fraction of sp³-hybridized carbons (Fsp3) is 0.0500. The predicted octanol–water partition coefficient (Wildman–Crippen LogP) is 5.42. The monoisotopic (exact) mass is 533 g/mol. The number of hydrogen-bond donors (Lipinski definition) is 2. The number of aryl methyl sites for hydroxylation is 1. The summed E-state index contributed by atoms with van der Waals surface area (Å²) in [6, 6.07) is 5.14. The molecule has 0 fully saturated rings. The van der Waals surface area contributed by atoms with Crippen LogP contribution < -0.4 is 10.6 Å². The molecule has 3 rings (SSSR count). The van der Waals surface area contributed by atoms with Gasteiger partial charge in [-0.05, 0) is 42.8 Å². The van der Waals surface area contributed by atoms with Crippen LogP contribution in [0.3, 0.4) is 0 Å². The molecule has 0 aliphatic heterocycles. The molecule has 2 N–H and O–H groups in total. The summed E-state index contributed by atoms with van der Waals surface area (Å²) in [7, 11) is -4.26. The number of carbonyl (C=O) groups excluding carboxylic acids is 2. The van der Waals surface area contributed by atoms with E-state index in [2.05, 4.69) is 10.3 Å². The van der Waals surface area contributed by atoms with Crippen molar-refractivity contribution in [3.05, 3.63) is 80.4 Å². The molecule has 0 saturated carbocycles. The third kappa shape index (κ3) is 5.25. The third-order valence-corrected chi connectivity index (χ3v) is 7.13. The van der Waals surface area contributed by atoms with Gasteiger partial charge in [-0.25, -0.2) is 27.0 Å². The Kier molecular flexibility index (Phi) is 7.23. The van der Waals surface area contributed by atoms with E-state index in [0.717, 1.165) is 36.5 Å². The van der Waals surface area contributed by atoms with E-state index in [1.165, 1.54) is 13.0 Å². The number of sulfone groups is 1. The van der Waals surface area contributed by atoms with Crippen molar-refractivity contribution in [2.24, 2.45) is 0 Å². The quantitative estimate of drug-likeness (QED) is 0.465. The van der Waals surface area contributed by atoms with Crippen LogP contribution in [0.2, 0.25) is 15.1 Å². The summed E-state index contributed by atoms with van der Waals surface area (Å²) in [6.07, 6.45) is 1.15. The lowest BCUT2D eigenvalue weighted by Gasteiger charge is -2.13. The highest BCUT2D eigenvalue weighted by Crippen LogP contribution is 2.37. The van der Waals surface area contributed by atoms with Crippen molar-refractivity contribution in [3.63, 3.8) is 0 Å². The largest absolute Gasteiger partial charge is 0.326 e. The molecule has 0 bridgehead atoms. The Morgan fingerprint density at radius 2 is 1.58 bits per heavy atom. The van der Waals surface area contributed by atoms with Crippen LogP contribution in [0.25, 0.3) is 0 Å². The number of aromatic nitrogens is 1. The Hall–Kier alpha value is -2.79. The van der Waals surface area contributed by atoms with Crippen LogP contribution in [0.1, 0.15) is 15.9 Å². The number of nitrogens with one attached hydrogen (secondary N) is 2. The number of benzene rings is 2. The maximum Gasteiger partial charge on any atom is 0.326 e. The zero-order valence-corrected chi connectivity index (χ0v) is 19.5. The minimum atomic E-state index is -4.26. The average molecular weight is 535 g/mol. The Labute approximate surface area is 201 Å². The zero-order chi connectivity index (χ0) is 24.5. The van der Waals surface area contributed by atoms with Crippen LogP contribution in [0.4, 0.5) is 19.3 Å². The number of urea groups is 1. The minimum absolute atomic E-state index is 0.0935. The first-order chi connectivity index (χ1) is 15.4. The summed E-state index contributed by atoms with van der Waals surface area (Å²) in [5.41, 5.74) is -0.782. The minimum Gasteiger partial charge on any atom is -0.308 e. The molecule has 0 aliphatic rings. The van der Waals surface area contributed by atoms with Crippen LogP contribution in [0.15, 0.2) is 52.5 Å². The van der Waals surface area contributed by atoms with Crippen LogP contribution >= 0.6 is 34.8 Å². The fourth-order valence-electron chi connectivity index (χ4n) is 2.84. The lowest BCUT2D eigenvalue weighted by molar-refractivity contribution is 0.0959. The lowest BCUT2D eigenvalue weighted by atomic mass is 10.2. The molecule has 13 heteroatoms. The van der Waals surface area contributed by atoms with Crippen molar-refractivity contribution in [2.75, 3.05) is 5.32 Å². The summed E-state index contributed by atoms with van der Waals surface area (Å²) < 4.78 is 53.4. The molecule has 0 atom stereocenters. The molecular weight excluding hydrogens is 523 g/mol. The van der Waals surface area contributed by atoms with Crippen molar-refractivity contribution in [1.29, 1.82) is 0 Å². The summed E-state index contributed by atoms with van der Waals surface area (Å²) in [5.74, 6) is -3.65. The first-order valence-corrected chi connectivity index (χ1v) is 11.5. The standard InChI is InChI=1S/C20H12Cl3F2N3O4S/c1-9-5-10(21)8-26-19(9)33(31,32)17-12(22)6-11(7-13(17)23)27-20(30)28-18(29)16-14(24)3-2-4-15(16)25/h2-8H,1H3,(H2,27,28,29,30). The summed E-state index contributed by atoms with van der Waals surface area (Å²) in [4.78, 5) is 27.5. The second-order valence-corrected chi connectivity index (χ2v) is 9.61. The maximum atomic E-state index is 13.7.